The monoisotopic (exact) mass is 484 g/mol. The number of alkyl halides is 2. The highest BCUT2D eigenvalue weighted by Gasteiger charge is 2.42. The van der Waals surface area contributed by atoms with Crippen LogP contribution in [0.25, 0.3) is 0 Å². The molecule has 1 aliphatic rings. The summed E-state index contributed by atoms with van der Waals surface area (Å²) in [7, 11) is 0. The van der Waals surface area contributed by atoms with Crippen LogP contribution in [0.5, 0.6) is 11.5 Å². The minimum atomic E-state index is -4.75. The zero-order valence-electron chi connectivity index (χ0n) is 17.4. The Balaban J connectivity index is 1.56. The maximum atomic E-state index is 14.4. The highest BCUT2D eigenvalue weighted by molar-refractivity contribution is 5.91. The average Bonchev–Trinajstić information content (AvgIpc) is 3.10. The van der Waals surface area contributed by atoms with Gasteiger partial charge in [-0.3, -0.25) is 0 Å². The van der Waals surface area contributed by atoms with E-state index in [9.17, 15) is 35.5 Å². The van der Waals surface area contributed by atoms with Gasteiger partial charge >= 0.3 is 12.1 Å². The van der Waals surface area contributed by atoms with Crippen molar-refractivity contribution in [2.75, 3.05) is 0 Å². The normalized spacial score (nSPS) is 15.2. The molecule has 0 fully saturated rings. The predicted molar refractivity (Wildman–Crippen MR) is 105 cm³/mol. The van der Waals surface area contributed by atoms with Crippen LogP contribution in [0.4, 0.5) is 30.7 Å². The van der Waals surface area contributed by atoms with Gasteiger partial charge in [-0.15, -0.1) is 0 Å². The molecule has 1 unspecified atom stereocenters. The van der Waals surface area contributed by atoms with Crippen LogP contribution in [-0.2, 0) is 19.0 Å². The molecule has 0 aromatic heterocycles. The molecule has 0 spiro atoms. The van der Waals surface area contributed by atoms with Gasteiger partial charge in [0, 0.05) is 24.3 Å². The van der Waals surface area contributed by atoms with Gasteiger partial charge in [0.15, 0.2) is 17.5 Å². The summed E-state index contributed by atoms with van der Waals surface area (Å²) in [5.74, 6) is -11.7. The van der Waals surface area contributed by atoms with Crippen molar-refractivity contribution in [1.29, 1.82) is 0 Å². The number of fused-ring (bicyclic) bond motifs is 1. The first-order chi connectivity index (χ1) is 15.9. The average molecular weight is 484 g/mol. The highest BCUT2D eigenvalue weighted by atomic mass is 19.3. The highest BCUT2D eigenvalue weighted by Crippen LogP contribution is 2.37. The van der Waals surface area contributed by atoms with Gasteiger partial charge in [-0.05, 0) is 42.0 Å². The Bertz CT molecular complexity index is 1240. The van der Waals surface area contributed by atoms with Crippen LogP contribution < -0.4 is 9.47 Å². The summed E-state index contributed by atoms with van der Waals surface area (Å²) in [5.41, 5.74) is 0.240. The van der Waals surface area contributed by atoms with Crippen LogP contribution in [0.2, 0.25) is 0 Å². The van der Waals surface area contributed by atoms with Crippen molar-refractivity contribution in [3.8, 4) is 11.5 Å². The standard InChI is InChI=1S/C24H15F7O3/c1-11-4-12-2-3-13(6-14(12)5-11)23(32)33-15-7-17(25)21(18(26)8-15)24(30,31)34-16-9-19(27)22(29)20(28)10-16/h2-3,6-11H,4-5H2,1H3. The Kier molecular flexibility index (Phi) is 6.01. The molecule has 0 N–H and O–H groups in total. The van der Waals surface area contributed by atoms with Gasteiger partial charge in [0.1, 0.15) is 28.7 Å². The Morgan fingerprint density at radius 3 is 2.00 bits per heavy atom. The molecule has 0 radical (unpaired) electrons. The smallest absolute Gasteiger partial charge is 0.429 e. The number of ether oxygens (including phenoxy) is 2. The molecule has 1 atom stereocenters. The lowest BCUT2D eigenvalue weighted by Gasteiger charge is -2.20. The van der Waals surface area contributed by atoms with Crippen LogP contribution >= 0.6 is 0 Å². The topological polar surface area (TPSA) is 35.5 Å². The van der Waals surface area contributed by atoms with Gasteiger partial charge in [-0.1, -0.05) is 13.0 Å². The number of benzene rings is 3. The first-order valence-corrected chi connectivity index (χ1v) is 9.99. The zero-order chi connectivity index (χ0) is 24.8. The molecule has 0 saturated carbocycles. The number of halogens is 7. The quantitative estimate of drug-likeness (QED) is 0.180. The van der Waals surface area contributed by atoms with Crippen molar-refractivity contribution < 1.29 is 45.0 Å². The number of hydrogen-bond donors (Lipinski definition) is 0. The van der Waals surface area contributed by atoms with Crippen molar-refractivity contribution in [3.05, 3.63) is 93.8 Å². The van der Waals surface area contributed by atoms with E-state index in [0.717, 1.165) is 24.0 Å². The van der Waals surface area contributed by atoms with Gasteiger partial charge in [-0.25, -0.2) is 26.7 Å². The molecule has 1 aliphatic carbocycles. The van der Waals surface area contributed by atoms with Crippen molar-refractivity contribution in [2.45, 2.75) is 25.9 Å². The summed E-state index contributed by atoms with van der Waals surface area (Å²) in [6, 6.07) is 5.71. The first-order valence-electron chi connectivity index (χ1n) is 9.99. The number of esters is 1. The Hall–Kier alpha value is -3.56. The molecule has 0 bridgehead atoms. The molecule has 3 aromatic rings. The molecular formula is C24H15F7O3. The van der Waals surface area contributed by atoms with E-state index in [-0.39, 0.29) is 17.7 Å². The van der Waals surface area contributed by atoms with Gasteiger partial charge < -0.3 is 9.47 Å². The molecule has 0 aliphatic heterocycles. The summed E-state index contributed by atoms with van der Waals surface area (Å²) in [6.45, 7) is 2.05. The maximum Gasteiger partial charge on any atom is 0.432 e. The van der Waals surface area contributed by atoms with Crippen LogP contribution in [-0.4, -0.2) is 5.97 Å². The Morgan fingerprint density at radius 2 is 1.38 bits per heavy atom. The third kappa shape index (κ3) is 4.57. The van der Waals surface area contributed by atoms with E-state index in [0.29, 0.717) is 18.1 Å². The molecule has 34 heavy (non-hydrogen) atoms. The van der Waals surface area contributed by atoms with Crippen molar-refractivity contribution >= 4 is 5.97 Å². The van der Waals surface area contributed by atoms with E-state index in [2.05, 4.69) is 4.74 Å². The van der Waals surface area contributed by atoms with Crippen LogP contribution in [0.15, 0.2) is 42.5 Å². The summed E-state index contributed by atoms with van der Waals surface area (Å²) in [5, 5.41) is 0. The fraction of sp³-hybridized carbons (Fsp3) is 0.208. The van der Waals surface area contributed by atoms with E-state index >= 15 is 0 Å². The first kappa shape index (κ1) is 23.6. The van der Waals surface area contributed by atoms with E-state index in [1.165, 1.54) is 6.07 Å². The zero-order valence-corrected chi connectivity index (χ0v) is 17.4. The molecule has 0 heterocycles. The summed E-state index contributed by atoms with van der Waals surface area (Å²) in [4.78, 5) is 12.4. The van der Waals surface area contributed by atoms with Crippen molar-refractivity contribution in [2.24, 2.45) is 5.92 Å². The lowest BCUT2D eigenvalue weighted by Crippen LogP contribution is -2.25. The molecule has 10 heteroatoms. The second-order valence-electron chi connectivity index (χ2n) is 7.97. The maximum absolute atomic E-state index is 14.4. The lowest BCUT2D eigenvalue weighted by atomic mass is 10.1. The minimum absolute atomic E-state index is 0.0929. The largest absolute Gasteiger partial charge is 0.432 e. The number of carbonyl (C=O) groups excluding carboxylic acids is 1. The number of carbonyl (C=O) groups is 1. The van der Waals surface area contributed by atoms with Crippen molar-refractivity contribution in [1.82, 2.24) is 0 Å². The van der Waals surface area contributed by atoms with E-state index in [4.69, 9.17) is 4.74 Å². The fourth-order valence-corrected chi connectivity index (χ4v) is 3.81. The number of hydrogen-bond acceptors (Lipinski definition) is 3. The SMILES string of the molecule is CC1Cc2ccc(C(=O)Oc3cc(F)c(C(F)(F)Oc4cc(F)c(F)c(F)c4)c(F)c3)cc2C1. The fourth-order valence-electron chi connectivity index (χ4n) is 3.81. The molecule has 4 rings (SSSR count). The Labute approximate surface area is 188 Å². The second kappa shape index (κ2) is 8.66. The molecule has 0 amide bonds. The van der Waals surface area contributed by atoms with Gasteiger partial charge in [0.25, 0.3) is 0 Å². The van der Waals surface area contributed by atoms with Gasteiger partial charge in [0.2, 0.25) is 0 Å². The second-order valence-corrected chi connectivity index (χ2v) is 7.97. The molecule has 3 aromatic carbocycles. The minimum Gasteiger partial charge on any atom is -0.429 e. The van der Waals surface area contributed by atoms with Gasteiger partial charge in [-0.2, -0.15) is 8.78 Å². The predicted octanol–water partition coefficient (Wildman–Crippen LogP) is 6.46. The van der Waals surface area contributed by atoms with Gasteiger partial charge in [0.05, 0.1) is 5.56 Å². The van der Waals surface area contributed by atoms with Crippen molar-refractivity contribution in [3.63, 3.8) is 0 Å². The van der Waals surface area contributed by atoms with Crippen LogP contribution in [0.1, 0.15) is 34.0 Å². The summed E-state index contributed by atoms with van der Waals surface area (Å²) < 4.78 is 106. The van der Waals surface area contributed by atoms with E-state index in [1.54, 1.807) is 12.1 Å². The third-order valence-corrected chi connectivity index (χ3v) is 5.30. The van der Waals surface area contributed by atoms with Crippen LogP contribution in [0.3, 0.4) is 0 Å². The number of rotatable bonds is 5. The summed E-state index contributed by atoms with van der Waals surface area (Å²) in [6.07, 6.45) is -3.13. The third-order valence-electron chi connectivity index (χ3n) is 5.30. The molecule has 178 valence electrons. The van der Waals surface area contributed by atoms with E-state index in [1.807, 2.05) is 6.92 Å². The lowest BCUT2D eigenvalue weighted by molar-refractivity contribution is -0.189. The van der Waals surface area contributed by atoms with E-state index < -0.39 is 58.2 Å². The van der Waals surface area contributed by atoms with Crippen LogP contribution in [0, 0.1) is 35.0 Å². The summed E-state index contributed by atoms with van der Waals surface area (Å²) >= 11 is 0. The molecular weight excluding hydrogens is 469 g/mol. The Morgan fingerprint density at radius 1 is 0.824 bits per heavy atom. The molecule has 0 saturated heterocycles. The molecule has 3 nitrogen and oxygen atoms in total.